The van der Waals surface area contributed by atoms with Crippen LogP contribution < -0.4 is 5.32 Å². The summed E-state index contributed by atoms with van der Waals surface area (Å²) in [6.07, 6.45) is -4.51. The second-order valence-corrected chi connectivity index (χ2v) is 10.7. The van der Waals surface area contributed by atoms with Crippen molar-refractivity contribution in [1.29, 1.82) is 0 Å². The number of thiophene rings is 1. The summed E-state index contributed by atoms with van der Waals surface area (Å²) < 4.78 is 47.4. The van der Waals surface area contributed by atoms with E-state index in [1.54, 1.807) is 6.07 Å². The molecule has 0 fully saturated rings. The molecule has 2 aromatic heterocycles. The fourth-order valence-corrected chi connectivity index (χ4v) is 5.37. The number of hydrogen-bond acceptors (Lipinski definition) is 5. The van der Waals surface area contributed by atoms with E-state index < -0.39 is 11.7 Å². The van der Waals surface area contributed by atoms with Gasteiger partial charge in [0.15, 0.2) is 0 Å². The van der Waals surface area contributed by atoms with Gasteiger partial charge in [-0.3, -0.25) is 0 Å². The van der Waals surface area contributed by atoms with Crippen LogP contribution in [0.4, 0.5) is 18.9 Å². The highest BCUT2D eigenvalue weighted by molar-refractivity contribution is 9.11. The van der Waals surface area contributed by atoms with Crippen LogP contribution in [0, 0.1) is 0 Å². The first kappa shape index (κ1) is 23.6. The largest absolute Gasteiger partial charge is 0.416 e. The highest BCUT2D eigenvalue weighted by Crippen LogP contribution is 2.36. The van der Waals surface area contributed by atoms with Crippen LogP contribution in [0.5, 0.6) is 0 Å². The first-order valence-electron chi connectivity index (χ1n) is 10.8. The average molecular weight is 558 g/mol. The van der Waals surface area contributed by atoms with Crippen molar-refractivity contribution in [1.82, 2.24) is 10.1 Å². The van der Waals surface area contributed by atoms with E-state index in [1.807, 2.05) is 61.5 Å². The van der Waals surface area contributed by atoms with Gasteiger partial charge in [-0.25, -0.2) is 0 Å². The van der Waals surface area contributed by atoms with Crippen molar-refractivity contribution in [2.45, 2.75) is 25.6 Å². The summed E-state index contributed by atoms with van der Waals surface area (Å²) in [7, 11) is 0. The second kappa shape index (κ2) is 9.47. The van der Waals surface area contributed by atoms with Gasteiger partial charge in [0.2, 0.25) is 11.7 Å². The monoisotopic (exact) mass is 557 g/mol. The topological polar surface area (TPSA) is 51.0 Å². The summed E-state index contributed by atoms with van der Waals surface area (Å²) in [5, 5.41) is 9.24. The second-order valence-electron chi connectivity index (χ2n) is 8.10. The highest BCUT2D eigenvalue weighted by atomic mass is 79.9. The van der Waals surface area contributed by atoms with Gasteiger partial charge in [-0.15, -0.1) is 11.3 Å². The summed E-state index contributed by atoms with van der Waals surface area (Å²) in [6.45, 7) is 2.34. The van der Waals surface area contributed by atoms with E-state index in [0.717, 1.165) is 37.1 Å². The van der Waals surface area contributed by atoms with Crippen LogP contribution in [0.2, 0.25) is 0 Å². The molecule has 5 aromatic rings. The molecule has 0 aliphatic carbocycles. The smallest absolute Gasteiger partial charge is 0.380 e. The van der Waals surface area contributed by atoms with Crippen LogP contribution in [0.15, 0.2) is 81.1 Å². The van der Waals surface area contributed by atoms with Crippen LogP contribution >= 0.6 is 27.3 Å². The summed E-state index contributed by atoms with van der Waals surface area (Å²) in [4.78, 5) is 5.46. The van der Waals surface area contributed by atoms with Crippen molar-refractivity contribution in [3.05, 3.63) is 98.5 Å². The minimum atomic E-state index is -4.51. The summed E-state index contributed by atoms with van der Waals surface area (Å²) in [5.74, 6) is 0.217. The molecule has 0 aliphatic rings. The first-order chi connectivity index (χ1) is 16.8. The molecular formula is C26H19BrF3N3OS. The lowest BCUT2D eigenvalue weighted by molar-refractivity contribution is -0.137. The molecule has 1 unspecified atom stereocenters. The number of alkyl halides is 3. The van der Waals surface area contributed by atoms with Gasteiger partial charge in [0.05, 0.1) is 15.3 Å². The summed E-state index contributed by atoms with van der Waals surface area (Å²) in [6, 6.07) is 21.5. The molecule has 35 heavy (non-hydrogen) atoms. The van der Waals surface area contributed by atoms with Crippen LogP contribution in [0.1, 0.15) is 34.7 Å². The molecule has 0 saturated heterocycles. The minimum Gasteiger partial charge on any atom is -0.380 e. The summed E-state index contributed by atoms with van der Waals surface area (Å²) in [5.41, 5.74) is 0.785. The van der Waals surface area contributed by atoms with E-state index >= 15 is 0 Å². The molecule has 0 radical (unpaired) electrons. The zero-order valence-corrected chi connectivity index (χ0v) is 20.8. The van der Waals surface area contributed by atoms with Gasteiger partial charge >= 0.3 is 6.18 Å². The molecule has 1 N–H and O–H groups in total. The number of benzene rings is 3. The van der Waals surface area contributed by atoms with Gasteiger partial charge in [-0.1, -0.05) is 47.6 Å². The standard InChI is InChI=1S/C26H19BrF3N3OS/c1-15(21-8-4-6-16-5-2-3-7-22(16)21)25-32-24(33-34-25)17-11-18(26(28,29)30)13-19(12-17)31-14-20-9-10-23(27)35-20/h2-13,15,31H,14H2,1H3. The molecule has 0 spiro atoms. The number of hydrogen-bond donors (Lipinski definition) is 1. The van der Waals surface area contributed by atoms with Crippen LogP contribution in [-0.4, -0.2) is 10.1 Å². The first-order valence-corrected chi connectivity index (χ1v) is 12.4. The maximum atomic E-state index is 13.6. The van der Waals surface area contributed by atoms with Gasteiger partial charge in [0, 0.05) is 22.7 Å². The third-order valence-electron chi connectivity index (χ3n) is 5.72. The highest BCUT2D eigenvalue weighted by Gasteiger charge is 2.32. The van der Waals surface area contributed by atoms with E-state index in [0.29, 0.717) is 18.1 Å². The zero-order valence-electron chi connectivity index (χ0n) is 18.4. The lowest BCUT2D eigenvalue weighted by atomic mass is 9.95. The molecule has 1 atom stereocenters. The number of halogens is 4. The maximum Gasteiger partial charge on any atom is 0.416 e. The lowest BCUT2D eigenvalue weighted by Crippen LogP contribution is -2.07. The average Bonchev–Trinajstić information content (AvgIpc) is 3.50. The molecule has 2 heterocycles. The molecule has 0 bridgehead atoms. The third-order valence-corrected chi connectivity index (χ3v) is 7.34. The number of nitrogens with zero attached hydrogens (tertiary/aromatic N) is 2. The molecule has 4 nitrogen and oxygen atoms in total. The Morgan fingerprint density at radius 1 is 1.03 bits per heavy atom. The molecule has 5 rings (SSSR count). The Labute approximate surface area is 211 Å². The van der Waals surface area contributed by atoms with Crippen molar-refractivity contribution in [2.24, 2.45) is 0 Å². The fourth-order valence-electron chi connectivity index (χ4n) is 3.95. The molecule has 178 valence electrons. The Hall–Kier alpha value is -3.17. The van der Waals surface area contributed by atoms with Crippen LogP contribution in [0.25, 0.3) is 22.2 Å². The van der Waals surface area contributed by atoms with Gasteiger partial charge in [-0.2, -0.15) is 18.2 Å². The van der Waals surface area contributed by atoms with Crippen LogP contribution in [-0.2, 0) is 12.7 Å². The Kier molecular flexibility index (Phi) is 6.37. The Bertz CT molecular complexity index is 1490. The summed E-state index contributed by atoms with van der Waals surface area (Å²) >= 11 is 4.91. The molecule has 9 heteroatoms. The van der Waals surface area contributed by atoms with Crippen molar-refractivity contribution < 1.29 is 17.7 Å². The van der Waals surface area contributed by atoms with E-state index in [9.17, 15) is 13.2 Å². The van der Waals surface area contributed by atoms with Crippen molar-refractivity contribution in [3.8, 4) is 11.4 Å². The normalized spacial score (nSPS) is 12.7. The number of aromatic nitrogens is 2. The van der Waals surface area contributed by atoms with Gasteiger partial charge in [-0.05, 0) is 69.5 Å². The Morgan fingerprint density at radius 3 is 2.60 bits per heavy atom. The number of fused-ring (bicyclic) bond motifs is 1. The molecular weight excluding hydrogens is 539 g/mol. The number of rotatable bonds is 6. The van der Waals surface area contributed by atoms with Crippen molar-refractivity contribution >= 4 is 43.7 Å². The van der Waals surface area contributed by atoms with E-state index in [1.165, 1.54) is 11.3 Å². The van der Waals surface area contributed by atoms with E-state index in [2.05, 4.69) is 31.4 Å². The van der Waals surface area contributed by atoms with Gasteiger partial charge in [0.1, 0.15) is 0 Å². The molecule has 0 amide bonds. The third kappa shape index (κ3) is 5.11. The Morgan fingerprint density at radius 2 is 1.83 bits per heavy atom. The molecule has 0 aliphatic heterocycles. The quantitative estimate of drug-likeness (QED) is 0.227. The van der Waals surface area contributed by atoms with Crippen LogP contribution in [0.3, 0.4) is 0 Å². The predicted octanol–water partition coefficient (Wildman–Crippen LogP) is 8.50. The lowest BCUT2D eigenvalue weighted by Gasteiger charge is -2.12. The molecule has 0 saturated carbocycles. The minimum absolute atomic E-state index is 0.111. The number of nitrogens with one attached hydrogen (secondary N) is 1. The van der Waals surface area contributed by atoms with Crippen molar-refractivity contribution in [2.75, 3.05) is 5.32 Å². The SMILES string of the molecule is CC(c1nc(-c2cc(NCc3ccc(Br)s3)cc(C(F)(F)F)c2)no1)c1cccc2ccccc12. The Balaban J connectivity index is 1.47. The van der Waals surface area contributed by atoms with E-state index in [4.69, 9.17) is 4.52 Å². The van der Waals surface area contributed by atoms with Crippen molar-refractivity contribution in [3.63, 3.8) is 0 Å². The molecule has 3 aromatic carbocycles. The number of anilines is 1. The predicted molar refractivity (Wildman–Crippen MR) is 136 cm³/mol. The maximum absolute atomic E-state index is 13.6. The van der Waals surface area contributed by atoms with Gasteiger partial charge in [0.25, 0.3) is 0 Å². The van der Waals surface area contributed by atoms with Gasteiger partial charge < -0.3 is 9.84 Å². The fraction of sp³-hybridized carbons (Fsp3) is 0.154. The van der Waals surface area contributed by atoms with E-state index in [-0.39, 0.29) is 17.3 Å². The zero-order chi connectivity index (χ0) is 24.6.